The molecule has 0 saturated carbocycles. The van der Waals surface area contributed by atoms with Crippen LogP contribution in [0.4, 0.5) is 0 Å². The first kappa shape index (κ1) is 14.3. The highest BCUT2D eigenvalue weighted by Gasteiger charge is 2.12. The number of amides is 1. The zero-order valence-corrected chi connectivity index (χ0v) is 12.7. The molecule has 1 aromatic carbocycles. The van der Waals surface area contributed by atoms with Crippen molar-refractivity contribution in [2.75, 3.05) is 6.54 Å². The van der Waals surface area contributed by atoms with Crippen LogP contribution in [0, 0.1) is 0 Å². The first-order valence-corrected chi connectivity index (χ1v) is 7.61. The molecule has 3 heterocycles. The Balaban J connectivity index is 1.36. The van der Waals surface area contributed by atoms with Gasteiger partial charge in [0.2, 0.25) is 0 Å². The fourth-order valence-corrected chi connectivity index (χ4v) is 2.51. The zero-order valence-electron chi connectivity index (χ0n) is 12.7. The second-order valence-electron chi connectivity index (χ2n) is 5.35. The van der Waals surface area contributed by atoms with Gasteiger partial charge in [0.1, 0.15) is 11.5 Å². The molecule has 1 amide bonds. The minimum absolute atomic E-state index is 0.236. The number of benzene rings is 1. The van der Waals surface area contributed by atoms with E-state index in [1.165, 1.54) is 0 Å². The second kappa shape index (κ2) is 6.04. The molecule has 3 aromatic heterocycles. The number of para-hydroxylation sites is 2. The maximum Gasteiger partial charge on any atom is 0.271 e. The molecule has 7 heteroatoms. The van der Waals surface area contributed by atoms with E-state index in [9.17, 15) is 4.79 Å². The summed E-state index contributed by atoms with van der Waals surface area (Å²) in [6, 6.07) is 13.1. The molecular weight excluding hydrogens is 306 g/mol. The fraction of sp³-hybridized carbons (Fsp3) is 0.118. The van der Waals surface area contributed by atoms with Crippen LogP contribution in [-0.2, 0) is 6.42 Å². The molecular formula is C17H15N5O2. The number of aromatic nitrogens is 4. The number of aromatic amines is 2. The standard InChI is InChI=1S/C17H15N5O2/c23-17(14-10-13(21-22-14)15-6-3-9-24-15)18-8-7-16-19-11-4-1-2-5-12(11)20-16/h1-6,9-10H,7-8H2,(H,18,23)(H,19,20)(H,21,22). The summed E-state index contributed by atoms with van der Waals surface area (Å²) in [5.74, 6) is 1.25. The Hall–Kier alpha value is -3.35. The van der Waals surface area contributed by atoms with Gasteiger partial charge in [0.05, 0.1) is 17.3 Å². The molecule has 0 saturated heterocycles. The smallest absolute Gasteiger partial charge is 0.271 e. The Kier molecular flexibility index (Phi) is 3.59. The lowest BCUT2D eigenvalue weighted by atomic mass is 10.3. The molecule has 0 aliphatic heterocycles. The lowest BCUT2D eigenvalue weighted by Gasteiger charge is -2.00. The van der Waals surface area contributed by atoms with Crippen molar-refractivity contribution < 1.29 is 9.21 Å². The Bertz CT molecular complexity index is 935. The Labute approximate surface area is 137 Å². The molecule has 4 aromatic rings. The average molecular weight is 321 g/mol. The summed E-state index contributed by atoms with van der Waals surface area (Å²) in [6.07, 6.45) is 2.19. The van der Waals surface area contributed by atoms with Crippen molar-refractivity contribution in [1.82, 2.24) is 25.5 Å². The summed E-state index contributed by atoms with van der Waals surface area (Å²) >= 11 is 0. The van der Waals surface area contributed by atoms with E-state index in [0.29, 0.717) is 30.1 Å². The molecule has 0 fully saturated rings. The van der Waals surface area contributed by atoms with E-state index in [1.54, 1.807) is 24.5 Å². The molecule has 0 unspecified atom stereocenters. The van der Waals surface area contributed by atoms with Crippen molar-refractivity contribution >= 4 is 16.9 Å². The molecule has 120 valence electrons. The van der Waals surface area contributed by atoms with Crippen molar-refractivity contribution in [2.24, 2.45) is 0 Å². The van der Waals surface area contributed by atoms with Gasteiger partial charge in [-0.3, -0.25) is 9.89 Å². The zero-order chi connectivity index (χ0) is 16.4. The normalized spacial score (nSPS) is 11.0. The predicted octanol–water partition coefficient (Wildman–Crippen LogP) is 2.52. The SMILES string of the molecule is O=C(NCCc1nc2ccccc2[nH]1)c1cc(-c2ccco2)[nH]n1. The van der Waals surface area contributed by atoms with Gasteiger partial charge < -0.3 is 14.7 Å². The number of carbonyl (C=O) groups excluding carboxylic acids is 1. The molecule has 4 rings (SSSR count). The molecule has 0 bridgehead atoms. The first-order valence-electron chi connectivity index (χ1n) is 7.61. The highest BCUT2D eigenvalue weighted by molar-refractivity contribution is 5.93. The number of rotatable bonds is 5. The van der Waals surface area contributed by atoms with Crippen LogP contribution in [0.3, 0.4) is 0 Å². The lowest BCUT2D eigenvalue weighted by Crippen LogP contribution is -2.26. The van der Waals surface area contributed by atoms with Gasteiger partial charge >= 0.3 is 0 Å². The molecule has 0 spiro atoms. The van der Waals surface area contributed by atoms with Gasteiger partial charge in [-0.2, -0.15) is 5.10 Å². The summed E-state index contributed by atoms with van der Waals surface area (Å²) in [7, 11) is 0. The maximum atomic E-state index is 12.1. The van der Waals surface area contributed by atoms with Gasteiger partial charge in [0, 0.05) is 19.0 Å². The number of nitrogens with one attached hydrogen (secondary N) is 3. The topological polar surface area (TPSA) is 99.6 Å². The molecule has 0 radical (unpaired) electrons. The highest BCUT2D eigenvalue weighted by Crippen LogP contribution is 2.17. The van der Waals surface area contributed by atoms with Crippen LogP contribution in [-0.4, -0.2) is 32.6 Å². The van der Waals surface area contributed by atoms with Crippen molar-refractivity contribution in [3.05, 3.63) is 60.2 Å². The molecule has 3 N–H and O–H groups in total. The summed E-state index contributed by atoms with van der Waals surface area (Å²) in [5.41, 5.74) is 2.91. The number of imidazole rings is 1. The van der Waals surface area contributed by atoms with E-state index in [0.717, 1.165) is 16.9 Å². The number of H-pyrrole nitrogens is 2. The lowest BCUT2D eigenvalue weighted by molar-refractivity contribution is 0.0949. The molecule has 0 aliphatic rings. The van der Waals surface area contributed by atoms with Crippen molar-refractivity contribution in [3.63, 3.8) is 0 Å². The number of fused-ring (bicyclic) bond motifs is 1. The van der Waals surface area contributed by atoms with Crippen LogP contribution in [0.15, 0.2) is 53.1 Å². The van der Waals surface area contributed by atoms with Gasteiger partial charge in [0.15, 0.2) is 11.5 Å². The van der Waals surface area contributed by atoms with E-state index in [4.69, 9.17) is 4.42 Å². The minimum atomic E-state index is -0.236. The van der Waals surface area contributed by atoms with Gasteiger partial charge in [-0.25, -0.2) is 4.98 Å². The van der Waals surface area contributed by atoms with Gasteiger partial charge in [-0.15, -0.1) is 0 Å². The number of furan rings is 1. The minimum Gasteiger partial charge on any atom is -0.463 e. The predicted molar refractivity (Wildman–Crippen MR) is 88.4 cm³/mol. The van der Waals surface area contributed by atoms with Crippen LogP contribution in [0.2, 0.25) is 0 Å². The number of nitrogens with zero attached hydrogens (tertiary/aromatic N) is 2. The van der Waals surface area contributed by atoms with E-state index < -0.39 is 0 Å². The first-order chi connectivity index (χ1) is 11.8. The van der Waals surface area contributed by atoms with Crippen molar-refractivity contribution in [1.29, 1.82) is 0 Å². The van der Waals surface area contributed by atoms with Gasteiger partial charge in [-0.05, 0) is 24.3 Å². The highest BCUT2D eigenvalue weighted by atomic mass is 16.3. The van der Waals surface area contributed by atoms with Crippen LogP contribution in [0.1, 0.15) is 16.3 Å². The maximum absolute atomic E-state index is 12.1. The molecule has 24 heavy (non-hydrogen) atoms. The largest absolute Gasteiger partial charge is 0.463 e. The van der Waals surface area contributed by atoms with Crippen LogP contribution >= 0.6 is 0 Å². The fourth-order valence-electron chi connectivity index (χ4n) is 2.51. The van der Waals surface area contributed by atoms with Crippen LogP contribution in [0.25, 0.3) is 22.5 Å². The number of carbonyl (C=O) groups is 1. The Morgan fingerprint density at radius 3 is 2.96 bits per heavy atom. The average Bonchev–Trinajstić information content (AvgIpc) is 3.33. The van der Waals surface area contributed by atoms with E-state index in [-0.39, 0.29) is 5.91 Å². The van der Waals surface area contributed by atoms with Crippen LogP contribution < -0.4 is 5.32 Å². The summed E-state index contributed by atoms with van der Waals surface area (Å²) in [6.45, 7) is 0.474. The third kappa shape index (κ3) is 2.79. The summed E-state index contributed by atoms with van der Waals surface area (Å²) < 4.78 is 5.27. The van der Waals surface area contributed by atoms with Crippen LogP contribution in [0.5, 0.6) is 0 Å². The Morgan fingerprint density at radius 2 is 2.12 bits per heavy atom. The third-order valence-electron chi connectivity index (χ3n) is 3.68. The van der Waals surface area contributed by atoms with E-state index in [2.05, 4.69) is 25.5 Å². The van der Waals surface area contributed by atoms with Crippen molar-refractivity contribution in [3.8, 4) is 11.5 Å². The van der Waals surface area contributed by atoms with Crippen molar-refractivity contribution in [2.45, 2.75) is 6.42 Å². The van der Waals surface area contributed by atoms with Gasteiger partial charge in [-0.1, -0.05) is 12.1 Å². The quantitative estimate of drug-likeness (QED) is 0.526. The summed E-state index contributed by atoms with van der Waals surface area (Å²) in [5, 5.41) is 9.64. The second-order valence-corrected chi connectivity index (χ2v) is 5.35. The molecule has 0 aliphatic carbocycles. The number of hydrogen-bond acceptors (Lipinski definition) is 4. The van der Waals surface area contributed by atoms with E-state index >= 15 is 0 Å². The third-order valence-corrected chi connectivity index (χ3v) is 3.68. The summed E-state index contributed by atoms with van der Waals surface area (Å²) in [4.78, 5) is 19.8. The Morgan fingerprint density at radius 1 is 1.21 bits per heavy atom. The number of hydrogen-bond donors (Lipinski definition) is 3. The molecule has 7 nitrogen and oxygen atoms in total. The van der Waals surface area contributed by atoms with E-state index in [1.807, 2.05) is 24.3 Å². The van der Waals surface area contributed by atoms with Gasteiger partial charge in [0.25, 0.3) is 5.91 Å². The monoisotopic (exact) mass is 321 g/mol. The molecule has 0 atom stereocenters.